The van der Waals surface area contributed by atoms with Crippen LogP contribution < -0.4 is 0 Å². The number of carbonyl (C=O) groups is 1. The van der Waals surface area contributed by atoms with Crippen LogP contribution in [0.4, 0.5) is 0 Å². The van der Waals surface area contributed by atoms with E-state index in [0.717, 1.165) is 5.70 Å². The molecule has 2 nitrogen and oxygen atoms in total. The first-order valence-corrected chi connectivity index (χ1v) is 11.3. The maximum absolute atomic E-state index is 12.4. The summed E-state index contributed by atoms with van der Waals surface area (Å²) in [4.78, 5) is 14.3. The number of nitrogens with zero attached hydrogens (tertiary/aromatic N) is 1. The highest BCUT2D eigenvalue weighted by molar-refractivity contribution is 14.1. The Hall–Kier alpha value is -0.883. The third-order valence-electron chi connectivity index (χ3n) is 3.38. The molecule has 0 radical (unpaired) electrons. The highest BCUT2D eigenvalue weighted by atomic mass is 127. The van der Waals surface area contributed by atoms with Crippen LogP contribution in [0.25, 0.3) is 0 Å². The number of benzene rings is 1. The number of rotatable bonds is 3. The van der Waals surface area contributed by atoms with E-state index in [0.29, 0.717) is 6.54 Å². The molecule has 0 N–H and O–H groups in total. The second-order valence-electron chi connectivity index (χ2n) is 6.10. The van der Waals surface area contributed by atoms with Gasteiger partial charge in [-0.2, -0.15) is 0 Å². The average Bonchev–Trinajstić information content (AvgIpc) is 2.68. The van der Waals surface area contributed by atoms with Crippen LogP contribution in [0.3, 0.4) is 0 Å². The fourth-order valence-corrected chi connectivity index (χ4v) is 4.82. The Bertz CT molecular complexity index is 580. The van der Waals surface area contributed by atoms with Gasteiger partial charge in [0.1, 0.15) is 0 Å². The van der Waals surface area contributed by atoms with Gasteiger partial charge in [-0.25, -0.2) is 0 Å². The number of amides is 1. The molecule has 0 spiro atoms. The smallest absolute Gasteiger partial charge is 0.251 e. The molecule has 0 saturated heterocycles. The maximum Gasteiger partial charge on any atom is 0.251 e. The zero-order valence-corrected chi connectivity index (χ0v) is 15.6. The van der Waals surface area contributed by atoms with E-state index in [9.17, 15) is 4.79 Å². The lowest BCUT2D eigenvalue weighted by Crippen LogP contribution is -2.29. The zero-order valence-electron chi connectivity index (χ0n) is 12.4. The summed E-state index contributed by atoms with van der Waals surface area (Å²) in [5, 5.41) is 1.27. The number of carbonyl (C=O) groups excluding carboxylic acids is 1. The van der Waals surface area contributed by atoms with Gasteiger partial charge in [-0.1, -0.05) is 50.0 Å². The number of allylic oxidation sites excluding steroid dienone is 2. The van der Waals surface area contributed by atoms with Gasteiger partial charge in [0.05, 0.1) is 20.3 Å². The lowest BCUT2D eigenvalue weighted by Gasteiger charge is -2.26. The van der Waals surface area contributed by atoms with Crippen LogP contribution in [-0.4, -0.2) is 18.9 Å². The number of hydrogen-bond acceptors (Lipinski definition) is 1. The average molecular weight is 397 g/mol. The summed E-state index contributed by atoms with van der Waals surface area (Å²) in [5.41, 5.74) is 2.31. The summed E-state index contributed by atoms with van der Waals surface area (Å²) in [6, 6.07) is 10.2. The lowest BCUT2D eigenvalue weighted by atomic mass is 10.2. The normalized spacial score (nSPS) is 18.4. The summed E-state index contributed by atoms with van der Waals surface area (Å²) in [6.45, 7) is 9.60. The van der Waals surface area contributed by atoms with Crippen molar-refractivity contribution >= 4 is 36.6 Å². The molecule has 4 heteroatoms. The van der Waals surface area contributed by atoms with Gasteiger partial charge in [0.25, 0.3) is 5.91 Å². The maximum atomic E-state index is 12.4. The molecular formula is C16H20INOSi. The molecule has 1 aliphatic rings. The summed E-state index contributed by atoms with van der Waals surface area (Å²) in [6.07, 6.45) is 1.85. The van der Waals surface area contributed by atoms with Gasteiger partial charge in [-0.3, -0.25) is 4.79 Å². The molecular weight excluding hydrogens is 377 g/mol. The molecule has 0 fully saturated rings. The predicted molar refractivity (Wildman–Crippen MR) is 95.1 cm³/mol. The van der Waals surface area contributed by atoms with Crippen LogP contribution in [-0.2, 0) is 11.3 Å². The quantitative estimate of drug-likeness (QED) is 0.543. The molecule has 1 aromatic rings. The van der Waals surface area contributed by atoms with Crippen molar-refractivity contribution in [2.45, 2.75) is 33.1 Å². The van der Waals surface area contributed by atoms with Crippen LogP contribution in [0.15, 0.2) is 50.9 Å². The van der Waals surface area contributed by atoms with E-state index in [4.69, 9.17) is 0 Å². The molecule has 20 heavy (non-hydrogen) atoms. The highest BCUT2D eigenvalue weighted by Crippen LogP contribution is 2.36. The van der Waals surface area contributed by atoms with E-state index in [-0.39, 0.29) is 5.91 Å². The van der Waals surface area contributed by atoms with Gasteiger partial charge in [0.15, 0.2) is 0 Å². The molecule has 2 rings (SSSR count). The predicted octanol–water partition coefficient (Wildman–Crippen LogP) is 4.50. The first-order valence-electron chi connectivity index (χ1n) is 6.75. The molecule has 1 amide bonds. The van der Waals surface area contributed by atoms with E-state index >= 15 is 0 Å². The van der Waals surface area contributed by atoms with Crippen molar-refractivity contribution in [3.63, 3.8) is 0 Å². The molecule has 0 atom stereocenters. The van der Waals surface area contributed by atoms with E-state index in [1.54, 1.807) is 0 Å². The largest absolute Gasteiger partial charge is 0.304 e. The summed E-state index contributed by atoms with van der Waals surface area (Å²) in [7, 11) is -1.51. The fourth-order valence-electron chi connectivity index (χ4n) is 2.39. The Morgan fingerprint density at radius 2 is 1.80 bits per heavy atom. The third kappa shape index (κ3) is 3.23. The second kappa shape index (κ2) is 5.85. The molecule has 0 aliphatic carbocycles. The molecule has 1 heterocycles. The van der Waals surface area contributed by atoms with Gasteiger partial charge >= 0.3 is 0 Å². The van der Waals surface area contributed by atoms with Gasteiger partial charge < -0.3 is 4.90 Å². The summed E-state index contributed by atoms with van der Waals surface area (Å²) < 4.78 is 1.19. The van der Waals surface area contributed by atoms with E-state index < -0.39 is 8.07 Å². The molecule has 0 aromatic heterocycles. The first-order chi connectivity index (χ1) is 9.30. The van der Waals surface area contributed by atoms with Gasteiger partial charge in [0.2, 0.25) is 0 Å². The summed E-state index contributed by atoms with van der Waals surface area (Å²) in [5.74, 6) is 0.122. The van der Waals surface area contributed by atoms with Crippen LogP contribution in [0.5, 0.6) is 0 Å². The standard InChI is InChI=1S/C16H20INOSi/c1-12(17)16-14(20(2,3)4)10-15(19)18(16)11-13-8-6-5-7-9-13/h5-10H,11H2,1-4H3/b16-12+. The Morgan fingerprint density at radius 3 is 2.30 bits per heavy atom. The van der Waals surface area contributed by atoms with E-state index in [1.165, 1.54) is 14.3 Å². The minimum atomic E-state index is -1.51. The monoisotopic (exact) mass is 397 g/mol. The molecule has 1 aromatic carbocycles. The van der Waals surface area contributed by atoms with Crippen molar-refractivity contribution in [3.05, 3.63) is 56.4 Å². The summed E-state index contributed by atoms with van der Waals surface area (Å²) >= 11 is 2.33. The van der Waals surface area contributed by atoms with Crippen LogP contribution in [0, 0.1) is 0 Å². The number of halogens is 1. The molecule has 0 unspecified atom stereocenters. The van der Waals surface area contributed by atoms with Crippen molar-refractivity contribution in [1.82, 2.24) is 4.90 Å². The van der Waals surface area contributed by atoms with Gasteiger partial charge in [0, 0.05) is 9.66 Å². The Kier molecular flexibility index (Phi) is 4.54. The number of hydrogen-bond donors (Lipinski definition) is 0. The van der Waals surface area contributed by atoms with Crippen LogP contribution in [0.1, 0.15) is 12.5 Å². The lowest BCUT2D eigenvalue weighted by molar-refractivity contribution is -0.123. The zero-order chi connectivity index (χ0) is 14.9. The van der Waals surface area contributed by atoms with Crippen molar-refractivity contribution < 1.29 is 4.79 Å². The topological polar surface area (TPSA) is 20.3 Å². The van der Waals surface area contributed by atoms with Crippen molar-refractivity contribution in [2.24, 2.45) is 0 Å². The molecule has 0 bridgehead atoms. The third-order valence-corrected chi connectivity index (χ3v) is 5.88. The Labute approximate surface area is 135 Å². The Balaban J connectivity index is 2.37. The second-order valence-corrected chi connectivity index (χ2v) is 12.8. The minimum Gasteiger partial charge on any atom is -0.304 e. The fraction of sp³-hybridized carbons (Fsp3) is 0.312. The molecule has 1 aliphatic heterocycles. The SMILES string of the molecule is C/C(I)=C1/C([Si](C)(C)C)=CC(=O)N1Cc1ccccc1. The van der Waals surface area contributed by atoms with Crippen molar-refractivity contribution in [3.8, 4) is 0 Å². The molecule has 0 saturated carbocycles. The minimum absolute atomic E-state index is 0.122. The van der Waals surface area contributed by atoms with Crippen molar-refractivity contribution in [1.29, 1.82) is 0 Å². The van der Waals surface area contributed by atoms with Crippen LogP contribution in [0.2, 0.25) is 19.6 Å². The van der Waals surface area contributed by atoms with Gasteiger partial charge in [-0.15, -0.1) is 0 Å². The van der Waals surface area contributed by atoms with Crippen molar-refractivity contribution in [2.75, 3.05) is 0 Å². The van der Waals surface area contributed by atoms with Gasteiger partial charge in [-0.05, 0) is 40.3 Å². The molecule has 106 valence electrons. The highest BCUT2D eigenvalue weighted by Gasteiger charge is 2.35. The van der Waals surface area contributed by atoms with E-state index in [1.807, 2.05) is 29.2 Å². The Morgan fingerprint density at radius 1 is 1.20 bits per heavy atom. The van der Waals surface area contributed by atoms with E-state index in [2.05, 4.69) is 61.3 Å². The first kappa shape index (κ1) is 15.5. The van der Waals surface area contributed by atoms with Crippen LogP contribution >= 0.6 is 22.6 Å².